The zero-order valence-electron chi connectivity index (χ0n) is 16.0. The summed E-state index contributed by atoms with van der Waals surface area (Å²) in [5.41, 5.74) is 0.865. The molecule has 3 rings (SSSR count). The van der Waals surface area contributed by atoms with E-state index in [4.69, 9.17) is 9.47 Å². The molecule has 0 aliphatic rings. The highest BCUT2D eigenvalue weighted by atomic mass is 19.1. The first-order valence-electron chi connectivity index (χ1n) is 8.90. The van der Waals surface area contributed by atoms with Crippen molar-refractivity contribution in [3.63, 3.8) is 0 Å². The average molecular weight is 397 g/mol. The molecule has 2 aromatic carbocycles. The first kappa shape index (κ1) is 20.1. The number of carbonyl (C=O) groups excluding carboxylic acids is 1. The fourth-order valence-electron chi connectivity index (χ4n) is 2.57. The van der Waals surface area contributed by atoms with E-state index >= 15 is 0 Å². The molecule has 8 heteroatoms. The number of methoxy groups -OCH3 is 1. The van der Waals surface area contributed by atoms with Crippen molar-refractivity contribution in [2.45, 2.75) is 19.6 Å². The minimum absolute atomic E-state index is 0.0953. The van der Waals surface area contributed by atoms with Gasteiger partial charge in [0.15, 0.2) is 6.10 Å². The van der Waals surface area contributed by atoms with Crippen molar-refractivity contribution in [3.8, 4) is 17.3 Å². The van der Waals surface area contributed by atoms with Gasteiger partial charge in [-0.1, -0.05) is 12.1 Å². The predicted octanol–water partition coefficient (Wildman–Crippen LogP) is 2.46. The maximum atomic E-state index is 13.1. The molecule has 0 radical (unpaired) electrons. The molecule has 0 spiro atoms. The third kappa shape index (κ3) is 5.19. The van der Waals surface area contributed by atoms with Crippen LogP contribution in [-0.2, 0) is 11.3 Å². The standard InChI is InChI=1S/C21H20FN3O4/c1-14(21(27)23-13-15-4-3-5-18(12-15)28-2)29-19-10-11-20(26)25(24-19)17-8-6-16(22)7-9-17/h3-12,14H,13H2,1-2H3,(H,23,27). The number of amides is 1. The summed E-state index contributed by atoms with van der Waals surface area (Å²) < 4.78 is 24.9. The predicted molar refractivity (Wildman–Crippen MR) is 105 cm³/mol. The van der Waals surface area contributed by atoms with Gasteiger partial charge in [-0.2, -0.15) is 4.68 Å². The molecule has 1 atom stereocenters. The molecule has 150 valence electrons. The fourth-order valence-corrected chi connectivity index (χ4v) is 2.57. The van der Waals surface area contributed by atoms with Crippen LogP contribution < -0.4 is 20.3 Å². The Bertz CT molecular complexity index is 1050. The van der Waals surface area contributed by atoms with Crippen LogP contribution in [0.3, 0.4) is 0 Å². The molecule has 1 aromatic heterocycles. The number of hydrogen-bond donors (Lipinski definition) is 1. The highest BCUT2D eigenvalue weighted by Gasteiger charge is 2.16. The molecule has 1 unspecified atom stereocenters. The molecule has 0 bridgehead atoms. The Morgan fingerprint density at radius 2 is 1.93 bits per heavy atom. The number of rotatable bonds is 7. The van der Waals surface area contributed by atoms with Crippen LogP contribution in [-0.4, -0.2) is 28.9 Å². The van der Waals surface area contributed by atoms with Crippen LogP contribution in [0.5, 0.6) is 11.6 Å². The van der Waals surface area contributed by atoms with Crippen LogP contribution in [0.15, 0.2) is 65.5 Å². The average Bonchev–Trinajstić information content (AvgIpc) is 2.74. The van der Waals surface area contributed by atoms with Gasteiger partial charge in [0, 0.05) is 18.7 Å². The summed E-state index contributed by atoms with van der Waals surface area (Å²) in [6.07, 6.45) is -0.840. The molecule has 3 aromatic rings. The molecule has 0 aliphatic heterocycles. The normalized spacial score (nSPS) is 11.6. The Morgan fingerprint density at radius 1 is 1.17 bits per heavy atom. The molecule has 1 amide bonds. The van der Waals surface area contributed by atoms with Gasteiger partial charge < -0.3 is 14.8 Å². The van der Waals surface area contributed by atoms with Gasteiger partial charge in [-0.15, -0.1) is 5.10 Å². The number of benzene rings is 2. The number of ether oxygens (including phenoxy) is 2. The van der Waals surface area contributed by atoms with E-state index < -0.39 is 17.5 Å². The van der Waals surface area contributed by atoms with Gasteiger partial charge in [0.1, 0.15) is 11.6 Å². The van der Waals surface area contributed by atoms with Crippen molar-refractivity contribution in [2.75, 3.05) is 7.11 Å². The highest BCUT2D eigenvalue weighted by Crippen LogP contribution is 2.13. The second-order valence-electron chi connectivity index (χ2n) is 6.23. The third-order valence-corrected chi connectivity index (χ3v) is 4.11. The lowest BCUT2D eigenvalue weighted by atomic mass is 10.2. The van der Waals surface area contributed by atoms with Gasteiger partial charge in [-0.3, -0.25) is 9.59 Å². The van der Waals surface area contributed by atoms with Crippen molar-refractivity contribution in [3.05, 3.63) is 82.4 Å². The van der Waals surface area contributed by atoms with Crippen molar-refractivity contribution in [1.82, 2.24) is 15.1 Å². The molecule has 1 heterocycles. The van der Waals surface area contributed by atoms with Crippen LogP contribution in [0, 0.1) is 5.82 Å². The van der Waals surface area contributed by atoms with Gasteiger partial charge in [-0.25, -0.2) is 4.39 Å². The molecule has 29 heavy (non-hydrogen) atoms. The lowest BCUT2D eigenvalue weighted by Gasteiger charge is -2.15. The van der Waals surface area contributed by atoms with Gasteiger partial charge in [0.25, 0.3) is 11.5 Å². The maximum absolute atomic E-state index is 13.1. The van der Waals surface area contributed by atoms with Gasteiger partial charge in [0.05, 0.1) is 12.8 Å². The van der Waals surface area contributed by atoms with E-state index in [2.05, 4.69) is 10.4 Å². The maximum Gasteiger partial charge on any atom is 0.271 e. The van der Waals surface area contributed by atoms with E-state index in [0.717, 1.165) is 10.2 Å². The number of halogens is 1. The second kappa shape index (κ2) is 9.01. The first-order valence-corrected chi connectivity index (χ1v) is 8.90. The van der Waals surface area contributed by atoms with Crippen LogP contribution in [0.25, 0.3) is 5.69 Å². The first-order chi connectivity index (χ1) is 14.0. The molecule has 7 nitrogen and oxygen atoms in total. The third-order valence-electron chi connectivity index (χ3n) is 4.11. The Labute approximate surface area is 166 Å². The SMILES string of the molecule is COc1cccc(CNC(=O)C(C)Oc2ccc(=O)n(-c3ccc(F)cc3)n2)c1. The summed E-state index contributed by atoms with van der Waals surface area (Å²) in [6.45, 7) is 1.89. The zero-order chi connectivity index (χ0) is 20.8. The van der Waals surface area contributed by atoms with Crippen LogP contribution in [0.4, 0.5) is 4.39 Å². The van der Waals surface area contributed by atoms with Gasteiger partial charge in [-0.05, 0) is 48.9 Å². The Morgan fingerprint density at radius 3 is 2.66 bits per heavy atom. The summed E-state index contributed by atoms with van der Waals surface area (Å²) in [5, 5.41) is 6.88. The van der Waals surface area contributed by atoms with E-state index in [1.165, 1.54) is 36.4 Å². The molecule has 0 saturated heterocycles. The number of carbonyl (C=O) groups is 1. The summed E-state index contributed by atoms with van der Waals surface area (Å²) in [5.74, 6) is 0.0379. The summed E-state index contributed by atoms with van der Waals surface area (Å²) in [4.78, 5) is 24.4. The second-order valence-corrected chi connectivity index (χ2v) is 6.23. The van der Waals surface area contributed by atoms with Crippen LogP contribution in [0.1, 0.15) is 12.5 Å². The van der Waals surface area contributed by atoms with Crippen LogP contribution in [0.2, 0.25) is 0 Å². The van der Waals surface area contributed by atoms with E-state index in [-0.39, 0.29) is 11.8 Å². The topological polar surface area (TPSA) is 82.5 Å². The number of nitrogens with zero attached hydrogens (tertiary/aromatic N) is 2. The Kier molecular flexibility index (Phi) is 6.23. The van der Waals surface area contributed by atoms with E-state index in [0.29, 0.717) is 18.0 Å². The number of nitrogens with one attached hydrogen (secondary N) is 1. The largest absolute Gasteiger partial charge is 0.497 e. The summed E-state index contributed by atoms with van der Waals surface area (Å²) >= 11 is 0. The number of hydrogen-bond acceptors (Lipinski definition) is 5. The summed E-state index contributed by atoms with van der Waals surface area (Å²) in [6, 6.07) is 15.3. The number of aromatic nitrogens is 2. The molecule has 1 N–H and O–H groups in total. The van der Waals surface area contributed by atoms with Crippen molar-refractivity contribution in [2.24, 2.45) is 0 Å². The summed E-state index contributed by atoms with van der Waals surface area (Å²) in [7, 11) is 1.58. The molecule has 0 saturated carbocycles. The molecular weight excluding hydrogens is 377 g/mol. The molecule has 0 fully saturated rings. The monoisotopic (exact) mass is 397 g/mol. The van der Waals surface area contributed by atoms with E-state index in [9.17, 15) is 14.0 Å². The van der Waals surface area contributed by atoms with Gasteiger partial charge in [0.2, 0.25) is 5.88 Å². The van der Waals surface area contributed by atoms with Crippen LogP contribution >= 0.6 is 0 Å². The Hall–Kier alpha value is -3.68. The van der Waals surface area contributed by atoms with Crippen molar-refractivity contribution in [1.29, 1.82) is 0 Å². The zero-order valence-corrected chi connectivity index (χ0v) is 16.0. The lowest BCUT2D eigenvalue weighted by Crippen LogP contribution is -2.36. The highest BCUT2D eigenvalue weighted by molar-refractivity contribution is 5.80. The smallest absolute Gasteiger partial charge is 0.271 e. The van der Waals surface area contributed by atoms with Crippen molar-refractivity contribution < 1.29 is 18.7 Å². The van der Waals surface area contributed by atoms with E-state index in [1.54, 1.807) is 14.0 Å². The Balaban J connectivity index is 1.65. The minimum Gasteiger partial charge on any atom is -0.497 e. The van der Waals surface area contributed by atoms with Crippen molar-refractivity contribution >= 4 is 5.91 Å². The fraction of sp³-hybridized carbons (Fsp3) is 0.190. The molecule has 0 aliphatic carbocycles. The lowest BCUT2D eigenvalue weighted by molar-refractivity contribution is -0.127. The minimum atomic E-state index is -0.840. The van der Waals surface area contributed by atoms with Gasteiger partial charge >= 0.3 is 0 Å². The molecular formula is C21H20FN3O4. The quantitative estimate of drug-likeness (QED) is 0.662. The van der Waals surface area contributed by atoms with E-state index in [1.807, 2.05) is 24.3 Å².